The number of ketones is 1. The lowest BCUT2D eigenvalue weighted by molar-refractivity contribution is -0.178. The molecule has 32 heavy (non-hydrogen) atoms. The van der Waals surface area contributed by atoms with Crippen molar-refractivity contribution in [3.05, 3.63) is 59.7 Å². The molecule has 0 aliphatic rings. The Kier molecular flexibility index (Phi) is 8.01. The summed E-state index contributed by atoms with van der Waals surface area (Å²) in [6, 6.07) is 9.31. The molecule has 0 amide bonds. The molecule has 0 aromatic heterocycles. The summed E-state index contributed by atoms with van der Waals surface area (Å²) >= 11 is 0. The number of ether oxygens (including phenoxy) is 3. The van der Waals surface area contributed by atoms with Crippen LogP contribution >= 0.6 is 0 Å². The van der Waals surface area contributed by atoms with Crippen molar-refractivity contribution < 1.29 is 47.2 Å². The summed E-state index contributed by atoms with van der Waals surface area (Å²) in [5, 5.41) is 19.0. The first kappa shape index (κ1) is 24.9. The second-order valence-electron chi connectivity index (χ2n) is 6.60. The number of benzene rings is 2. The van der Waals surface area contributed by atoms with Crippen molar-refractivity contribution in [3.8, 4) is 17.2 Å². The minimum Gasteiger partial charge on any atom is -0.493 e. The first-order chi connectivity index (χ1) is 14.9. The Morgan fingerprint density at radius 3 is 2.25 bits per heavy atom. The summed E-state index contributed by atoms with van der Waals surface area (Å²) in [6.45, 7) is -0.00254. The van der Waals surface area contributed by atoms with Gasteiger partial charge in [-0.25, -0.2) is 4.79 Å². The van der Waals surface area contributed by atoms with Crippen LogP contribution in [-0.4, -0.2) is 47.6 Å². The Labute approximate surface area is 181 Å². The van der Waals surface area contributed by atoms with Gasteiger partial charge in [-0.3, -0.25) is 4.79 Å². The Morgan fingerprint density at radius 2 is 1.69 bits per heavy atom. The van der Waals surface area contributed by atoms with Crippen LogP contribution in [0.5, 0.6) is 17.2 Å². The monoisotopic (exact) mass is 454 g/mol. The van der Waals surface area contributed by atoms with Crippen LogP contribution in [0.3, 0.4) is 0 Å². The highest BCUT2D eigenvalue weighted by molar-refractivity contribution is 5.98. The second-order valence-corrected chi connectivity index (χ2v) is 6.60. The van der Waals surface area contributed by atoms with E-state index in [1.807, 2.05) is 0 Å². The SMILES string of the molecule is CCC(O)(O)C(=O)/C=C/c1ccc(OC(=O)c2ccc(OCC(F)(F)F)cc2)c(OC)c1. The smallest absolute Gasteiger partial charge is 0.422 e. The van der Waals surface area contributed by atoms with Gasteiger partial charge in [0, 0.05) is 6.42 Å². The molecular formula is C22H21F3O7. The fourth-order valence-corrected chi connectivity index (χ4v) is 2.36. The quantitative estimate of drug-likeness (QED) is 0.259. The van der Waals surface area contributed by atoms with Crippen LogP contribution in [0.2, 0.25) is 0 Å². The summed E-state index contributed by atoms with van der Waals surface area (Å²) in [5.41, 5.74) is 0.538. The normalized spacial score (nSPS) is 12.0. The van der Waals surface area contributed by atoms with Gasteiger partial charge in [-0.15, -0.1) is 0 Å². The molecule has 2 aromatic carbocycles. The summed E-state index contributed by atoms with van der Waals surface area (Å²) in [6.07, 6.45) is -2.30. The molecule has 0 aliphatic heterocycles. The lowest BCUT2D eigenvalue weighted by Crippen LogP contribution is -2.36. The van der Waals surface area contributed by atoms with E-state index in [-0.39, 0.29) is 29.2 Å². The Balaban J connectivity index is 2.09. The van der Waals surface area contributed by atoms with Gasteiger partial charge in [-0.1, -0.05) is 19.1 Å². The number of aliphatic hydroxyl groups is 2. The van der Waals surface area contributed by atoms with Crippen molar-refractivity contribution in [1.82, 2.24) is 0 Å². The highest BCUT2D eigenvalue weighted by Crippen LogP contribution is 2.30. The number of hydrogen-bond donors (Lipinski definition) is 2. The fraction of sp³-hybridized carbons (Fsp3) is 0.273. The standard InChI is InChI=1S/C22H21F3O7/c1-3-21(28,29)19(26)11-5-14-4-10-17(18(12-14)30-2)32-20(27)15-6-8-16(9-7-15)31-13-22(23,24)25/h4-12,28-29H,3,13H2,1-2H3/b11-5+. The van der Waals surface area contributed by atoms with E-state index in [1.165, 1.54) is 62.6 Å². The number of halogens is 3. The summed E-state index contributed by atoms with van der Waals surface area (Å²) < 4.78 is 51.6. The largest absolute Gasteiger partial charge is 0.493 e. The average Bonchev–Trinajstić information content (AvgIpc) is 2.76. The van der Waals surface area contributed by atoms with Crippen molar-refractivity contribution >= 4 is 17.8 Å². The van der Waals surface area contributed by atoms with Crippen LogP contribution in [0.15, 0.2) is 48.5 Å². The van der Waals surface area contributed by atoms with Crippen molar-refractivity contribution in [1.29, 1.82) is 0 Å². The molecule has 2 N–H and O–H groups in total. The van der Waals surface area contributed by atoms with Gasteiger partial charge in [0.05, 0.1) is 12.7 Å². The maximum Gasteiger partial charge on any atom is 0.422 e. The van der Waals surface area contributed by atoms with E-state index in [0.717, 1.165) is 6.08 Å². The number of carbonyl (C=O) groups is 2. The molecule has 0 unspecified atom stereocenters. The van der Waals surface area contributed by atoms with Gasteiger partial charge in [0.2, 0.25) is 11.6 Å². The van der Waals surface area contributed by atoms with Gasteiger partial charge < -0.3 is 24.4 Å². The van der Waals surface area contributed by atoms with Crippen LogP contribution in [0.1, 0.15) is 29.3 Å². The van der Waals surface area contributed by atoms with Crippen molar-refractivity contribution in [2.45, 2.75) is 25.3 Å². The van der Waals surface area contributed by atoms with Crippen LogP contribution < -0.4 is 14.2 Å². The van der Waals surface area contributed by atoms with Gasteiger partial charge >= 0.3 is 12.1 Å². The molecule has 2 rings (SSSR count). The highest BCUT2D eigenvalue weighted by Gasteiger charge is 2.29. The zero-order valence-electron chi connectivity index (χ0n) is 17.2. The van der Waals surface area contributed by atoms with Crippen molar-refractivity contribution in [3.63, 3.8) is 0 Å². The Bertz CT molecular complexity index is 980. The highest BCUT2D eigenvalue weighted by atomic mass is 19.4. The van der Waals surface area contributed by atoms with Gasteiger partial charge in [0.15, 0.2) is 18.1 Å². The zero-order chi connectivity index (χ0) is 23.9. The van der Waals surface area contributed by atoms with Crippen LogP contribution in [-0.2, 0) is 4.79 Å². The molecule has 2 aromatic rings. The maximum absolute atomic E-state index is 12.3. The molecule has 0 bridgehead atoms. The molecule has 172 valence electrons. The van der Waals surface area contributed by atoms with E-state index in [0.29, 0.717) is 5.56 Å². The first-order valence-corrected chi connectivity index (χ1v) is 9.32. The first-order valence-electron chi connectivity index (χ1n) is 9.32. The van der Waals surface area contributed by atoms with Crippen LogP contribution in [0, 0.1) is 0 Å². The predicted molar refractivity (Wildman–Crippen MR) is 107 cm³/mol. The zero-order valence-corrected chi connectivity index (χ0v) is 17.2. The minimum absolute atomic E-state index is 0.0556. The molecule has 0 saturated heterocycles. The van der Waals surface area contributed by atoms with E-state index in [1.54, 1.807) is 0 Å². The maximum atomic E-state index is 12.3. The second kappa shape index (κ2) is 10.3. The predicted octanol–water partition coefficient (Wildman–Crippen LogP) is 3.53. The van der Waals surface area contributed by atoms with Crippen molar-refractivity contribution in [2.75, 3.05) is 13.7 Å². The third-order valence-corrected chi connectivity index (χ3v) is 4.20. The number of rotatable bonds is 9. The van der Waals surface area contributed by atoms with E-state index in [9.17, 15) is 33.0 Å². The van der Waals surface area contributed by atoms with E-state index >= 15 is 0 Å². The molecule has 0 saturated carbocycles. The Hall–Kier alpha value is -3.37. The van der Waals surface area contributed by atoms with Gasteiger partial charge in [-0.2, -0.15) is 13.2 Å². The topological polar surface area (TPSA) is 102 Å². The lowest BCUT2D eigenvalue weighted by Gasteiger charge is -2.15. The molecule has 0 spiro atoms. The number of carbonyl (C=O) groups excluding carboxylic acids is 2. The third-order valence-electron chi connectivity index (χ3n) is 4.20. The molecule has 0 heterocycles. The fourth-order valence-electron chi connectivity index (χ4n) is 2.36. The van der Waals surface area contributed by atoms with Crippen LogP contribution in [0.4, 0.5) is 13.2 Å². The lowest BCUT2D eigenvalue weighted by atomic mass is 10.1. The number of alkyl halides is 3. The number of methoxy groups -OCH3 is 1. The summed E-state index contributed by atoms with van der Waals surface area (Å²) in [7, 11) is 1.33. The summed E-state index contributed by atoms with van der Waals surface area (Å²) in [5.74, 6) is -3.96. The van der Waals surface area contributed by atoms with Gasteiger partial charge in [0.1, 0.15) is 5.75 Å². The molecule has 7 nitrogen and oxygen atoms in total. The van der Waals surface area contributed by atoms with Crippen LogP contribution in [0.25, 0.3) is 6.08 Å². The number of esters is 1. The molecule has 10 heteroatoms. The molecule has 0 atom stereocenters. The van der Waals surface area contributed by atoms with E-state index in [2.05, 4.69) is 4.74 Å². The molecule has 0 fully saturated rings. The average molecular weight is 454 g/mol. The Morgan fingerprint density at radius 1 is 1.03 bits per heavy atom. The molecule has 0 aliphatic carbocycles. The summed E-state index contributed by atoms with van der Waals surface area (Å²) in [4.78, 5) is 24.1. The van der Waals surface area contributed by atoms with Gasteiger partial charge in [0.25, 0.3) is 0 Å². The molecule has 0 radical (unpaired) electrons. The van der Waals surface area contributed by atoms with Gasteiger partial charge in [-0.05, 0) is 48.0 Å². The molecular weight excluding hydrogens is 433 g/mol. The number of hydrogen-bond acceptors (Lipinski definition) is 7. The van der Waals surface area contributed by atoms with E-state index < -0.39 is 30.3 Å². The van der Waals surface area contributed by atoms with E-state index in [4.69, 9.17) is 9.47 Å². The third kappa shape index (κ3) is 7.10. The van der Waals surface area contributed by atoms with Crippen molar-refractivity contribution in [2.24, 2.45) is 0 Å². The minimum atomic E-state index is -4.47.